The SMILES string of the molecule is CCCN(CCC)CCCOc1ccc(C(=O)c2c(C(C)C)cc3ccccn23)cc1Br. The maximum atomic E-state index is 13.5. The number of hydrogen-bond donors (Lipinski definition) is 0. The molecule has 1 aromatic carbocycles. The number of hydrogen-bond acceptors (Lipinski definition) is 3. The predicted octanol–water partition coefficient (Wildman–Crippen LogP) is 6.95. The molecule has 0 radical (unpaired) electrons. The van der Waals surface area contributed by atoms with Crippen LogP contribution in [0.4, 0.5) is 0 Å². The van der Waals surface area contributed by atoms with Gasteiger partial charge >= 0.3 is 0 Å². The van der Waals surface area contributed by atoms with Gasteiger partial charge in [-0.15, -0.1) is 0 Å². The monoisotopic (exact) mass is 498 g/mol. The first-order valence-corrected chi connectivity index (χ1v) is 12.5. The van der Waals surface area contributed by atoms with Crippen LogP contribution in [0, 0.1) is 0 Å². The number of rotatable bonds is 12. The summed E-state index contributed by atoms with van der Waals surface area (Å²) in [6.45, 7) is 12.7. The fraction of sp³-hybridized carbons (Fsp3) is 0.444. The van der Waals surface area contributed by atoms with Crippen molar-refractivity contribution < 1.29 is 9.53 Å². The van der Waals surface area contributed by atoms with Crippen molar-refractivity contribution in [1.29, 1.82) is 0 Å². The molecule has 2 heterocycles. The van der Waals surface area contributed by atoms with Crippen molar-refractivity contribution in [1.82, 2.24) is 9.30 Å². The lowest BCUT2D eigenvalue weighted by Crippen LogP contribution is -2.27. The van der Waals surface area contributed by atoms with Crippen LogP contribution >= 0.6 is 15.9 Å². The number of nitrogens with zero attached hydrogens (tertiary/aromatic N) is 2. The van der Waals surface area contributed by atoms with E-state index in [9.17, 15) is 4.79 Å². The molecule has 0 aliphatic rings. The van der Waals surface area contributed by atoms with Crippen LogP contribution in [0.25, 0.3) is 5.52 Å². The van der Waals surface area contributed by atoms with Gasteiger partial charge in [-0.1, -0.05) is 33.8 Å². The second kappa shape index (κ2) is 11.7. The Morgan fingerprint density at radius 3 is 2.47 bits per heavy atom. The van der Waals surface area contributed by atoms with E-state index >= 15 is 0 Å². The van der Waals surface area contributed by atoms with Crippen molar-refractivity contribution in [3.8, 4) is 5.75 Å². The van der Waals surface area contributed by atoms with Gasteiger partial charge in [-0.25, -0.2) is 0 Å². The molecule has 0 atom stereocenters. The molecular weight excluding hydrogens is 464 g/mol. The van der Waals surface area contributed by atoms with E-state index in [0.717, 1.165) is 53.1 Å². The van der Waals surface area contributed by atoms with E-state index in [1.165, 1.54) is 12.8 Å². The number of carbonyl (C=O) groups excluding carboxylic acids is 1. The van der Waals surface area contributed by atoms with Gasteiger partial charge in [0.2, 0.25) is 5.78 Å². The molecule has 4 nitrogen and oxygen atoms in total. The molecular formula is C27H35BrN2O2. The van der Waals surface area contributed by atoms with Crippen molar-refractivity contribution in [2.24, 2.45) is 0 Å². The molecule has 0 fully saturated rings. The average molecular weight is 499 g/mol. The third-order valence-corrected chi connectivity index (χ3v) is 6.32. The lowest BCUT2D eigenvalue weighted by molar-refractivity contribution is 0.103. The smallest absolute Gasteiger partial charge is 0.210 e. The number of aromatic nitrogens is 1. The Kier molecular flexibility index (Phi) is 8.94. The zero-order valence-electron chi connectivity index (χ0n) is 19.7. The summed E-state index contributed by atoms with van der Waals surface area (Å²) < 4.78 is 8.82. The minimum atomic E-state index is 0.0296. The number of halogens is 1. The van der Waals surface area contributed by atoms with Gasteiger partial charge in [-0.3, -0.25) is 4.79 Å². The Morgan fingerprint density at radius 1 is 1.06 bits per heavy atom. The zero-order chi connectivity index (χ0) is 23.1. The summed E-state index contributed by atoms with van der Waals surface area (Å²) in [5.41, 5.74) is 3.51. The molecule has 0 unspecified atom stereocenters. The summed E-state index contributed by atoms with van der Waals surface area (Å²) in [6, 6.07) is 13.8. The maximum absolute atomic E-state index is 13.5. The summed E-state index contributed by atoms with van der Waals surface area (Å²) in [4.78, 5) is 16.0. The number of carbonyl (C=O) groups is 1. The van der Waals surface area contributed by atoms with Crippen molar-refractivity contribution in [3.63, 3.8) is 0 Å². The van der Waals surface area contributed by atoms with Crippen LogP contribution in [0.1, 0.15) is 74.5 Å². The third kappa shape index (κ3) is 5.81. The molecule has 0 saturated heterocycles. The van der Waals surface area contributed by atoms with Gasteiger partial charge in [0.1, 0.15) is 5.75 Å². The Bertz CT molecular complexity index is 1040. The van der Waals surface area contributed by atoms with Crippen molar-refractivity contribution in [2.75, 3.05) is 26.2 Å². The van der Waals surface area contributed by atoms with Gasteiger partial charge in [0.15, 0.2) is 0 Å². The average Bonchev–Trinajstić information content (AvgIpc) is 3.17. The molecule has 3 aromatic rings. The van der Waals surface area contributed by atoms with E-state index < -0.39 is 0 Å². The fourth-order valence-corrected chi connectivity index (χ4v) is 4.65. The van der Waals surface area contributed by atoms with Gasteiger partial charge in [-0.05, 0) is 96.2 Å². The quantitative estimate of drug-likeness (QED) is 0.200. The standard InChI is InChI=1S/C27H35BrN2O2/c1-5-13-29(14-6-2)15-9-17-32-25-12-11-21(18-24(25)28)27(31)26-23(20(3)4)19-22-10-7-8-16-30(22)26/h7-8,10-12,16,18-20H,5-6,9,13-15,17H2,1-4H3. The van der Waals surface area contributed by atoms with Crippen LogP contribution in [0.5, 0.6) is 5.75 Å². The molecule has 0 aliphatic carbocycles. The summed E-state index contributed by atoms with van der Waals surface area (Å²) in [5.74, 6) is 1.07. The molecule has 0 aliphatic heterocycles. The summed E-state index contributed by atoms with van der Waals surface area (Å²) in [7, 11) is 0. The minimum absolute atomic E-state index is 0.0296. The highest BCUT2D eigenvalue weighted by atomic mass is 79.9. The second-order valence-electron chi connectivity index (χ2n) is 8.62. The van der Waals surface area contributed by atoms with Gasteiger partial charge in [0, 0.05) is 23.8 Å². The van der Waals surface area contributed by atoms with Crippen LogP contribution in [0.15, 0.2) is 53.1 Å². The Labute approximate surface area is 200 Å². The van der Waals surface area contributed by atoms with Gasteiger partial charge in [0.05, 0.1) is 16.8 Å². The zero-order valence-corrected chi connectivity index (χ0v) is 21.3. The van der Waals surface area contributed by atoms with Crippen LogP contribution in [0.2, 0.25) is 0 Å². The summed E-state index contributed by atoms with van der Waals surface area (Å²) >= 11 is 3.61. The summed E-state index contributed by atoms with van der Waals surface area (Å²) in [6.07, 6.45) is 5.30. The molecule has 0 N–H and O–H groups in total. The number of pyridine rings is 1. The molecule has 172 valence electrons. The number of benzene rings is 1. The number of fused-ring (bicyclic) bond motifs is 1. The first-order chi connectivity index (χ1) is 15.5. The van der Waals surface area contributed by atoms with Crippen molar-refractivity contribution in [2.45, 2.75) is 52.9 Å². The van der Waals surface area contributed by atoms with E-state index in [1.54, 1.807) is 0 Å². The number of ketones is 1. The van der Waals surface area contributed by atoms with E-state index in [2.05, 4.69) is 54.6 Å². The van der Waals surface area contributed by atoms with E-state index in [0.29, 0.717) is 12.2 Å². The van der Waals surface area contributed by atoms with E-state index in [-0.39, 0.29) is 11.7 Å². The molecule has 3 rings (SSSR count). The topological polar surface area (TPSA) is 34.0 Å². The van der Waals surface area contributed by atoms with E-state index in [4.69, 9.17) is 4.74 Å². The number of ether oxygens (including phenoxy) is 1. The van der Waals surface area contributed by atoms with Crippen molar-refractivity contribution >= 4 is 27.2 Å². The molecule has 5 heteroatoms. The lowest BCUT2D eigenvalue weighted by Gasteiger charge is -2.20. The molecule has 0 bridgehead atoms. The minimum Gasteiger partial charge on any atom is -0.492 e. The van der Waals surface area contributed by atoms with Crippen LogP contribution in [-0.2, 0) is 0 Å². The van der Waals surface area contributed by atoms with Crippen LogP contribution in [-0.4, -0.2) is 41.3 Å². The van der Waals surface area contributed by atoms with Gasteiger partial charge < -0.3 is 14.0 Å². The largest absolute Gasteiger partial charge is 0.492 e. The predicted molar refractivity (Wildman–Crippen MR) is 136 cm³/mol. The highest BCUT2D eigenvalue weighted by molar-refractivity contribution is 9.10. The molecule has 32 heavy (non-hydrogen) atoms. The fourth-order valence-electron chi connectivity index (χ4n) is 4.16. The Morgan fingerprint density at radius 2 is 1.81 bits per heavy atom. The summed E-state index contributed by atoms with van der Waals surface area (Å²) in [5, 5.41) is 0. The second-order valence-corrected chi connectivity index (χ2v) is 9.47. The molecule has 0 saturated carbocycles. The van der Waals surface area contributed by atoms with Gasteiger partial charge in [0.25, 0.3) is 0 Å². The van der Waals surface area contributed by atoms with E-state index in [1.807, 2.05) is 47.0 Å². The van der Waals surface area contributed by atoms with Crippen LogP contribution in [0.3, 0.4) is 0 Å². The van der Waals surface area contributed by atoms with Crippen LogP contribution < -0.4 is 4.74 Å². The first kappa shape index (κ1) is 24.5. The lowest BCUT2D eigenvalue weighted by atomic mass is 9.98. The van der Waals surface area contributed by atoms with Crippen molar-refractivity contribution in [3.05, 3.63) is 70.0 Å². The molecule has 0 amide bonds. The third-order valence-electron chi connectivity index (χ3n) is 5.70. The van der Waals surface area contributed by atoms with Gasteiger partial charge in [-0.2, -0.15) is 0 Å². The molecule has 2 aromatic heterocycles. The first-order valence-electron chi connectivity index (χ1n) is 11.8. The molecule has 0 spiro atoms. The Balaban J connectivity index is 1.71. The highest BCUT2D eigenvalue weighted by Gasteiger charge is 2.21. The highest BCUT2D eigenvalue weighted by Crippen LogP contribution is 2.30. The normalized spacial score (nSPS) is 11.6. The Hall–Kier alpha value is -2.11. The maximum Gasteiger partial charge on any atom is 0.210 e.